The minimum Gasteiger partial charge on any atom is -0.306 e. The zero-order valence-electron chi connectivity index (χ0n) is 13.6. The molecule has 0 saturated carbocycles. The van der Waals surface area contributed by atoms with Gasteiger partial charge in [-0.1, -0.05) is 60.7 Å². The molecular weight excluding hydrogens is 331 g/mol. The van der Waals surface area contributed by atoms with Crippen molar-refractivity contribution in [2.45, 2.75) is 13.1 Å². The second-order valence-electron chi connectivity index (χ2n) is 5.84. The highest BCUT2D eigenvalue weighted by molar-refractivity contribution is 7.15. The number of halogens is 1. The van der Waals surface area contributed by atoms with Crippen LogP contribution in [0.15, 0.2) is 72.9 Å². The summed E-state index contributed by atoms with van der Waals surface area (Å²) in [6.07, 6.45) is 1.92. The number of nitrogens with zero attached hydrogens (tertiary/aromatic N) is 1. The Labute approximate surface area is 150 Å². The monoisotopic (exact) mass is 348 g/mol. The summed E-state index contributed by atoms with van der Waals surface area (Å²) in [6.45, 7) is 1.12. The van der Waals surface area contributed by atoms with E-state index < -0.39 is 0 Å². The van der Waals surface area contributed by atoms with Gasteiger partial charge in [0.05, 0.1) is 4.88 Å². The van der Waals surface area contributed by atoms with Crippen LogP contribution in [-0.2, 0) is 13.1 Å². The predicted molar refractivity (Wildman–Crippen MR) is 102 cm³/mol. The third kappa shape index (κ3) is 3.45. The maximum Gasteiger partial charge on any atom is 0.127 e. The van der Waals surface area contributed by atoms with Crippen LogP contribution >= 0.6 is 11.3 Å². The molecule has 4 aromatic rings. The van der Waals surface area contributed by atoms with Gasteiger partial charge in [0.1, 0.15) is 10.8 Å². The van der Waals surface area contributed by atoms with Crippen molar-refractivity contribution >= 4 is 22.1 Å². The van der Waals surface area contributed by atoms with Gasteiger partial charge in [0.25, 0.3) is 0 Å². The number of hydrogen-bond donors (Lipinski definition) is 1. The van der Waals surface area contributed by atoms with Crippen LogP contribution in [0, 0.1) is 5.82 Å². The molecule has 4 heteroatoms. The first-order valence-corrected chi connectivity index (χ1v) is 9.00. The number of fused-ring (bicyclic) bond motifs is 1. The number of nitrogens with one attached hydrogen (secondary N) is 1. The molecule has 0 bridgehead atoms. The number of rotatable bonds is 5. The topological polar surface area (TPSA) is 24.9 Å². The minimum absolute atomic E-state index is 0.175. The van der Waals surface area contributed by atoms with E-state index in [1.54, 1.807) is 23.5 Å². The van der Waals surface area contributed by atoms with E-state index in [1.807, 2.05) is 12.3 Å². The van der Waals surface area contributed by atoms with Gasteiger partial charge in [-0.3, -0.25) is 0 Å². The van der Waals surface area contributed by atoms with E-state index in [1.165, 1.54) is 22.4 Å². The molecule has 2 nitrogen and oxygen atoms in total. The molecule has 0 unspecified atom stereocenters. The standard InChI is InChI=1S/C21H17FN2S/c22-19-11-4-2-7-16(19)12-23-14-21-24-13-20(25-21)18-10-5-8-15-6-1-3-9-17(15)18/h1-11,13,23H,12,14H2. The van der Waals surface area contributed by atoms with E-state index in [0.717, 1.165) is 9.88 Å². The molecule has 124 valence electrons. The van der Waals surface area contributed by atoms with Gasteiger partial charge in [-0.2, -0.15) is 0 Å². The number of benzene rings is 3. The lowest BCUT2D eigenvalue weighted by Crippen LogP contribution is -2.13. The Kier molecular flexibility index (Phi) is 4.55. The molecule has 0 aliphatic carbocycles. The summed E-state index contributed by atoms with van der Waals surface area (Å²) in [5, 5.41) is 6.73. The van der Waals surface area contributed by atoms with E-state index in [-0.39, 0.29) is 5.82 Å². The molecule has 25 heavy (non-hydrogen) atoms. The van der Waals surface area contributed by atoms with Gasteiger partial charge in [0.15, 0.2) is 0 Å². The van der Waals surface area contributed by atoms with Crippen LogP contribution in [0.1, 0.15) is 10.6 Å². The van der Waals surface area contributed by atoms with Gasteiger partial charge in [-0.05, 0) is 16.8 Å². The van der Waals surface area contributed by atoms with Crippen LogP contribution in [0.3, 0.4) is 0 Å². The fourth-order valence-electron chi connectivity index (χ4n) is 2.90. The van der Waals surface area contributed by atoms with Gasteiger partial charge >= 0.3 is 0 Å². The van der Waals surface area contributed by atoms with E-state index >= 15 is 0 Å². The molecule has 1 heterocycles. The summed E-state index contributed by atoms with van der Waals surface area (Å²) in [5.41, 5.74) is 1.88. The number of aromatic nitrogens is 1. The molecule has 0 radical (unpaired) electrons. The molecule has 0 aliphatic heterocycles. The molecule has 0 fully saturated rings. The second kappa shape index (κ2) is 7.13. The smallest absolute Gasteiger partial charge is 0.127 e. The lowest BCUT2D eigenvalue weighted by atomic mass is 10.0. The molecule has 0 saturated heterocycles. The van der Waals surface area contributed by atoms with Crippen molar-refractivity contribution in [3.8, 4) is 10.4 Å². The van der Waals surface area contributed by atoms with Crippen LogP contribution in [0.5, 0.6) is 0 Å². The summed E-state index contributed by atoms with van der Waals surface area (Å²) in [6, 6.07) is 21.5. The Hall–Kier alpha value is -2.56. The first-order valence-electron chi connectivity index (χ1n) is 8.18. The van der Waals surface area contributed by atoms with Crippen molar-refractivity contribution in [2.75, 3.05) is 0 Å². The van der Waals surface area contributed by atoms with Gasteiger partial charge in [0.2, 0.25) is 0 Å². The quantitative estimate of drug-likeness (QED) is 0.523. The van der Waals surface area contributed by atoms with Gasteiger partial charge in [-0.25, -0.2) is 9.37 Å². The first kappa shape index (κ1) is 15.9. The van der Waals surface area contributed by atoms with Crippen LogP contribution in [0.4, 0.5) is 4.39 Å². The maximum absolute atomic E-state index is 13.6. The van der Waals surface area contributed by atoms with Crippen molar-refractivity contribution in [3.63, 3.8) is 0 Å². The Bertz CT molecular complexity index is 1000. The Morgan fingerprint density at radius 3 is 2.60 bits per heavy atom. The molecular formula is C21H17FN2S. The van der Waals surface area contributed by atoms with Gasteiger partial charge < -0.3 is 5.32 Å². The largest absolute Gasteiger partial charge is 0.306 e. The van der Waals surface area contributed by atoms with Gasteiger partial charge in [0, 0.05) is 30.4 Å². The fraction of sp³-hybridized carbons (Fsp3) is 0.0952. The zero-order valence-corrected chi connectivity index (χ0v) is 14.4. The Morgan fingerprint density at radius 1 is 0.880 bits per heavy atom. The molecule has 0 aliphatic rings. The highest BCUT2D eigenvalue weighted by Crippen LogP contribution is 2.32. The van der Waals surface area contributed by atoms with Crippen LogP contribution < -0.4 is 5.32 Å². The maximum atomic E-state index is 13.6. The van der Waals surface area contributed by atoms with Crippen LogP contribution in [-0.4, -0.2) is 4.98 Å². The van der Waals surface area contributed by atoms with Crippen molar-refractivity contribution < 1.29 is 4.39 Å². The fourth-order valence-corrected chi connectivity index (χ4v) is 3.83. The van der Waals surface area contributed by atoms with Crippen molar-refractivity contribution in [3.05, 3.63) is 89.3 Å². The molecule has 0 spiro atoms. The van der Waals surface area contributed by atoms with Gasteiger partial charge in [-0.15, -0.1) is 11.3 Å². The van der Waals surface area contributed by atoms with Crippen molar-refractivity contribution in [2.24, 2.45) is 0 Å². The van der Waals surface area contributed by atoms with Crippen LogP contribution in [0.25, 0.3) is 21.2 Å². The normalized spacial score (nSPS) is 11.1. The average molecular weight is 348 g/mol. The van der Waals surface area contributed by atoms with E-state index in [2.05, 4.69) is 52.8 Å². The molecule has 1 aromatic heterocycles. The SMILES string of the molecule is Fc1ccccc1CNCc1ncc(-c2cccc3ccccc23)s1. The Morgan fingerprint density at radius 2 is 1.68 bits per heavy atom. The number of thiazole rings is 1. The van der Waals surface area contributed by atoms with E-state index in [4.69, 9.17) is 0 Å². The third-order valence-corrected chi connectivity index (χ3v) is 5.19. The van der Waals surface area contributed by atoms with E-state index in [9.17, 15) is 4.39 Å². The van der Waals surface area contributed by atoms with Crippen LogP contribution in [0.2, 0.25) is 0 Å². The highest BCUT2D eigenvalue weighted by atomic mass is 32.1. The summed E-state index contributed by atoms with van der Waals surface area (Å²) in [7, 11) is 0. The summed E-state index contributed by atoms with van der Waals surface area (Å²) < 4.78 is 13.6. The van der Waals surface area contributed by atoms with Crippen molar-refractivity contribution in [1.82, 2.24) is 10.3 Å². The predicted octanol–water partition coefficient (Wildman–Crippen LogP) is 5.39. The second-order valence-corrected chi connectivity index (χ2v) is 6.96. The number of hydrogen-bond acceptors (Lipinski definition) is 3. The van der Waals surface area contributed by atoms with E-state index in [0.29, 0.717) is 18.7 Å². The molecule has 1 N–H and O–H groups in total. The first-order chi connectivity index (χ1) is 12.3. The van der Waals surface area contributed by atoms with Crippen molar-refractivity contribution in [1.29, 1.82) is 0 Å². The minimum atomic E-state index is -0.175. The molecule has 4 rings (SSSR count). The summed E-state index contributed by atoms with van der Waals surface area (Å²) in [4.78, 5) is 5.67. The molecule has 0 amide bonds. The third-order valence-electron chi connectivity index (χ3n) is 4.16. The zero-order chi connectivity index (χ0) is 17.1. The summed E-state index contributed by atoms with van der Waals surface area (Å²) >= 11 is 1.67. The lowest BCUT2D eigenvalue weighted by molar-refractivity contribution is 0.587. The summed E-state index contributed by atoms with van der Waals surface area (Å²) in [5.74, 6) is -0.175. The highest BCUT2D eigenvalue weighted by Gasteiger charge is 2.08. The lowest BCUT2D eigenvalue weighted by Gasteiger charge is -2.04. The Balaban J connectivity index is 1.49. The average Bonchev–Trinajstić information content (AvgIpc) is 3.11. The molecule has 0 atom stereocenters. The molecule has 3 aromatic carbocycles.